The van der Waals surface area contributed by atoms with E-state index in [4.69, 9.17) is 10.2 Å². The van der Waals surface area contributed by atoms with Crippen molar-refractivity contribution in [3.05, 3.63) is 103 Å². The van der Waals surface area contributed by atoms with Crippen LogP contribution in [0.15, 0.2) is 101 Å². The van der Waals surface area contributed by atoms with E-state index in [-0.39, 0.29) is 31.5 Å². The summed E-state index contributed by atoms with van der Waals surface area (Å²) in [6.45, 7) is 4.65. The first-order chi connectivity index (χ1) is 25.0. The van der Waals surface area contributed by atoms with Crippen LogP contribution < -0.4 is 37.6 Å². The number of aliphatic imine (C=N–C) groups is 1. The van der Waals surface area contributed by atoms with Gasteiger partial charge in [-0.15, -0.1) is 0 Å². The van der Waals surface area contributed by atoms with Crippen molar-refractivity contribution in [3.63, 3.8) is 0 Å². The van der Waals surface area contributed by atoms with Crippen LogP contribution in [-0.4, -0.2) is 84.3 Å². The average molecular weight is 715 g/mol. The summed E-state index contributed by atoms with van der Waals surface area (Å²) < 4.78 is 5.42. The number of furan rings is 1. The Morgan fingerprint density at radius 1 is 0.923 bits per heavy atom. The molecule has 3 rings (SSSR count). The molecule has 4 unspecified atom stereocenters. The van der Waals surface area contributed by atoms with E-state index < -0.39 is 72.1 Å². The van der Waals surface area contributed by atoms with Gasteiger partial charge in [-0.25, -0.2) is 0 Å². The molecule has 0 saturated heterocycles. The van der Waals surface area contributed by atoms with Gasteiger partial charge in [-0.05, 0) is 43.5 Å². The van der Waals surface area contributed by atoms with Gasteiger partial charge in [-0.2, -0.15) is 0 Å². The normalized spacial score (nSPS) is 21.2. The lowest BCUT2D eigenvalue weighted by atomic mass is 10.1. The second-order valence-corrected chi connectivity index (χ2v) is 11.3. The molecular weight excluding hydrogens is 672 g/mol. The minimum Gasteiger partial charge on any atom is -0.469 e. The zero-order valence-electron chi connectivity index (χ0n) is 28.5. The lowest BCUT2D eigenvalue weighted by molar-refractivity contribution is -0.133. The van der Waals surface area contributed by atoms with Crippen molar-refractivity contribution in [3.8, 4) is 0 Å². The average Bonchev–Trinajstić information content (AvgIpc) is 3.64. The summed E-state index contributed by atoms with van der Waals surface area (Å²) in [6, 6.07) is 7.13. The topological polar surface area (TPSA) is 243 Å². The summed E-state index contributed by atoms with van der Waals surface area (Å²) in [4.78, 5) is 95.3. The van der Waals surface area contributed by atoms with Crippen molar-refractivity contribution in [2.75, 3.05) is 13.1 Å². The van der Waals surface area contributed by atoms with E-state index in [9.17, 15) is 33.6 Å². The highest BCUT2D eigenvalue weighted by atomic mass is 16.3. The lowest BCUT2D eigenvalue weighted by Crippen LogP contribution is -2.59. The van der Waals surface area contributed by atoms with E-state index in [1.807, 2.05) is 30.3 Å². The van der Waals surface area contributed by atoms with Crippen molar-refractivity contribution in [1.29, 1.82) is 0 Å². The van der Waals surface area contributed by atoms with Crippen LogP contribution in [-0.2, 0) is 40.0 Å². The maximum Gasteiger partial charge on any atom is 0.269 e. The van der Waals surface area contributed by atoms with E-state index in [1.54, 1.807) is 37.3 Å². The quantitative estimate of drug-likeness (QED) is 0.152. The molecule has 2 heterocycles. The third-order valence-corrected chi connectivity index (χ3v) is 7.40. The molecule has 0 saturated carbocycles. The van der Waals surface area contributed by atoms with Gasteiger partial charge in [0.2, 0.25) is 35.4 Å². The number of carbonyl (C=O) groups excluding carboxylic acids is 7. The standard InChI is InChI=1S/C36H42N8O8/c1-3-18-38-25(4-2)33(48)40-22-29-34(49)39-19-17-26(32(37)47)41-30(45)15-16-31(46)42-27(14-8-12-23-10-6-5-7-11-23)35(50)43-28(36(51)44-29)21-24-13-9-20-52-24/h3-13,15-16,18,20,26-29H,2,14,17,19,21-22H2,1H3,(H2,37,47)(H,39,49)(H,40,48)(H,41,45)(H,42,46)(H,43,50)(H,44,51)/b12-8+,16-15?,18-3-,38-25?. The molecule has 16 heteroatoms. The molecule has 1 aliphatic heterocycles. The molecule has 0 fully saturated rings. The Hall–Kier alpha value is -6.58. The Balaban J connectivity index is 1.97. The Labute approximate surface area is 300 Å². The van der Waals surface area contributed by atoms with E-state index in [1.165, 1.54) is 18.5 Å². The number of allylic oxidation sites excluding steroid dienone is 1. The Morgan fingerprint density at radius 2 is 1.62 bits per heavy atom. The maximum atomic E-state index is 13.8. The number of rotatable bonds is 11. The summed E-state index contributed by atoms with van der Waals surface area (Å²) in [5.41, 5.74) is 6.22. The molecule has 0 bridgehead atoms. The molecular formula is C36H42N8O8. The molecule has 2 aromatic rings. The van der Waals surface area contributed by atoms with Gasteiger partial charge in [0.15, 0.2) is 0 Å². The van der Waals surface area contributed by atoms with Crippen LogP contribution in [0.1, 0.15) is 31.1 Å². The first-order valence-corrected chi connectivity index (χ1v) is 16.3. The number of nitrogens with one attached hydrogen (secondary N) is 6. The second-order valence-electron chi connectivity index (χ2n) is 11.3. The molecule has 1 aromatic carbocycles. The summed E-state index contributed by atoms with van der Waals surface area (Å²) in [6.07, 6.45) is 10.4. The van der Waals surface area contributed by atoms with Gasteiger partial charge in [0.05, 0.1) is 6.26 Å². The highest BCUT2D eigenvalue weighted by Gasteiger charge is 2.31. The number of nitrogens with two attached hydrogens (primary N) is 1. The maximum absolute atomic E-state index is 13.8. The molecule has 274 valence electrons. The van der Waals surface area contributed by atoms with Crippen LogP contribution in [0.3, 0.4) is 0 Å². The second kappa shape index (κ2) is 20.8. The van der Waals surface area contributed by atoms with Gasteiger partial charge in [0, 0.05) is 37.9 Å². The first kappa shape index (κ1) is 39.9. The number of carbonyl (C=O) groups is 7. The Morgan fingerprint density at radius 3 is 2.27 bits per heavy atom. The van der Waals surface area contributed by atoms with E-state index in [0.717, 1.165) is 17.7 Å². The molecule has 52 heavy (non-hydrogen) atoms. The number of benzene rings is 1. The van der Waals surface area contributed by atoms with Crippen molar-refractivity contribution in [1.82, 2.24) is 31.9 Å². The largest absolute Gasteiger partial charge is 0.469 e. The molecule has 8 N–H and O–H groups in total. The summed E-state index contributed by atoms with van der Waals surface area (Å²) in [5, 5.41) is 15.2. The third-order valence-electron chi connectivity index (χ3n) is 7.40. The first-order valence-electron chi connectivity index (χ1n) is 16.3. The fourth-order valence-corrected chi connectivity index (χ4v) is 4.71. The van der Waals surface area contributed by atoms with Crippen LogP contribution in [0.2, 0.25) is 0 Å². The Bertz CT molecular complexity index is 1720. The number of amides is 7. The van der Waals surface area contributed by atoms with Gasteiger partial charge in [0.25, 0.3) is 5.91 Å². The van der Waals surface area contributed by atoms with Crippen molar-refractivity contribution in [2.45, 2.75) is 50.4 Å². The fourth-order valence-electron chi connectivity index (χ4n) is 4.71. The highest BCUT2D eigenvalue weighted by Crippen LogP contribution is 2.08. The van der Waals surface area contributed by atoms with Crippen LogP contribution in [0.25, 0.3) is 6.08 Å². The SMILES string of the molecule is C=CC(=N/C=C\C)C(=O)NCC1NC(=O)C(Cc2ccco2)NC(=O)C(C/C=C/c2ccccc2)NC(=O)C=CC(=O)NC(C(N)=O)CCNC1=O. The lowest BCUT2D eigenvalue weighted by Gasteiger charge is -2.25. The van der Waals surface area contributed by atoms with Crippen LogP contribution >= 0.6 is 0 Å². The number of hydrogen-bond donors (Lipinski definition) is 7. The highest BCUT2D eigenvalue weighted by molar-refractivity contribution is 6.43. The molecule has 0 spiro atoms. The minimum absolute atomic E-state index is 0.0250. The summed E-state index contributed by atoms with van der Waals surface area (Å²) >= 11 is 0. The van der Waals surface area contributed by atoms with Crippen LogP contribution in [0.4, 0.5) is 0 Å². The smallest absolute Gasteiger partial charge is 0.269 e. The molecule has 16 nitrogen and oxygen atoms in total. The monoisotopic (exact) mass is 714 g/mol. The van der Waals surface area contributed by atoms with Crippen LogP contribution in [0.5, 0.6) is 0 Å². The van der Waals surface area contributed by atoms with Gasteiger partial charge >= 0.3 is 0 Å². The van der Waals surface area contributed by atoms with E-state index in [2.05, 4.69) is 43.5 Å². The van der Waals surface area contributed by atoms with E-state index >= 15 is 0 Å². The third kappa shape index (κ3) is 13.4. The summed E-state index contributed by atoms with van der Waals surface area (Å²) in [7, 11) is 0. The molecule has 4 atom stereocenters. The van der Waals surface area contributed by atoms with Gasteiger partial charge in [-0.3, -0.25) is 38.6 Å². The molecule has 1 aliphatic rings. The van der Waals surface area contributed by atoms with Crippen LogP contribution in [0, 0.1) is 0 Å². The van der Waals surface area contributed by atoms with Gasteiger partial charge in [-0.1, -0.05) is 55.1 Å². The molecule has 0 aliphatic carbocycles. The van der Waals surface area contributed by atoms with Gasteiger partial charge < -0.3 is 42.1 Å². The molecule has 0 radical (unpaired) electrons. The number of primary amides is 1. The summed E-state index contributed by atoms with van der Waals surface area (Å²) in [5.74, 6) is -5.28. The van der Waals surface area contributed by atoms with Crippen molar-refractivity contribution < 1.29 is 38.0 Å². The predicted octanol–water partition coefficient (Wildman–Crippen LogP) is -0.297. The molecule has 1 aromatic heterocycles. The number of nitrogens with zero attached hydrogens (tertiary/aromatic N) is 1. The van der Waals surface area contributed by atoms with Crippen molar-refractivity contribution >= 4 is 53.1 Å². The minimum atomic E-state index is -1.41. The number of hydrogen-bond acceptors (Lipinski definition) is 9. The van der Waals surface area contributed by atoms with Crippen molar-refractivity contribution in [2.24, 2.45) is 10.7 Å². The van der Waals surface area contributed by atoms with Gasteiger partial charge in [0.1, 0.15) is 35.6 Å². The Kier molecular flexibility index (Phi) is 16.0. The fraction of sp³-hybridized carbons (Fsp3) is 0.278. The van der Waals surface area contributed by atoms with E-state index in [0.29, 0.717) is 5.76 Å². The zero-order valence-corrected chi connectivity index (χ0v) is 28.5. The molecule has 7 amide bonds. The zero-order chi connectivity index (χ0) is 37.9. The predicted molar refractivity (Wildman–Crippen MR) is 192 cm³/mol.